The number of nitrogens with zero attached hydrogens (tertiary/aromatic N) is 3. The van der Waals surface area contributed by atoms with Crippen molar-refractivity contribution in [2.75, 3.05) is 32.7 Å². The minimum absolute atomic E-state index is 0.0193. The molecule has 0 radical (unpaired) electrons. The van der Waals surface area contributed by atoms with Crippen LogP contribution in [0.3, 0.4) is 0 Å². The van der Waals surface area contributed by atoms with Crippen LogP contribution in [0.4, 0.5) is 0 Å². The lowest BCUT2D eigenvalue weighted by Crippen LogP contribution is -2.50. The predicted molar refractivity (Wildman–Crippen MR) is 105 cm³/mol. The van der Waals surface area contributed by atoms with Gasteiger partial charge in [-0.15, -0.1) is 0 Å². The monoisotopic (exact) mass is 401 g/mol. The Balaban J connectivity index is 1.60. The Morgan fingerprint density at radius 1 is 1.00 bits per heavy atom. The Hall–Kier alpha value is -2.74. The molecule has 1 N–H and O–H groups in total. The number of imide groups is 1. The summed E-state index contributed by atoms with van der Waals surface area (Å²) in [5.74, 6) is -2.10. The molecule has 8 nitrogen and oxygen atoms in total. The standard InChI is InChI=1S/C21H27N3O5/c1-14(2)13-22-9-11-23(12-10-22)18(25)8-7-17(21(28)29)24-19(26)15-5-3-4-6-16(15)20(24)27/h3-6,14,17H,7-13H2,1-2H3,(H,28,29)/t17-/m0/s1. The minimum Gasteiger partial charge on any atom is -0.480 e. The third-order valence-electron chi connectivity index (χ3n) is 5.40. The molecule has 1 aromatic rings. The first-order valence-electron chi connectivity index (χ1n) is 9.99. The molecule has 0 spiro atoms. The summed E-state index contributed by atoms with van der Waals surface area (Å²) in [5.41, 5.74) is 0.410. The Bertz CT molecular complexity index is 779. The number of carbonyl (C=O) groups is 4. The van der Waals surface area contributed by atoms with Crippen LogP contribution >= 0.6 is 0 Å². The lowest BCUT2D eigenvalue weighted by molar-refractivity contribution is -0.142. The number of amides is 3. The molecule has 1 atom stereocenters. The molecule has 1 fully saturated rings. The Kier molecular flexibility index (Phi) is 6.32. The highest BCUT2D eigenvalue weighted by Crippen LogP contribution is 2.26. The van der Waals surface area contributed by atoms with E-state index in [1.165, 1.54) is 12.1 Å². The number of fused-ring (bicyclic) bond motifs is 1. The molecule has 3 amide bonds. The van der Waals surface area contributed by atoms with Gasteiger partial charge in [0.1, 0.15) is 6.04 Å². The third-order valence-corrected chi connectivity index (χ3v) is 5.40. The first-order valence-corrected chi connectivity index (χ1v) is 9.99. The van der Waals surface area contributed by atoms with Gasteiger partial charge in [0.25, 0.3) is 11.8 Å². The summed E-state index contributed by atoms with van der Waals surface area (Å²) in [6.45, 7) is 8.11. The molecule has 156 valence electrons. The van der Waals surface area contributed by atoms with Gasteiger partial charge in [0, 0.05) is 39.1 Å². The third kappa shape index (κ3) is 4.48. The Morgan fingerprint density at radius 3 is 2.03 bits per heavy atom. The lowest BCUT2D eigenvalue weighted by atomic mass is 10.1. The van der Waals surface area contributed by atoms with Gasteiger partial charge in [-0.2, -0.15) is 0 Å². The van der Waals surface area contributed by atoms with Gasteiger partial charge in [0.15, 0.2) is 0 Å². The van der Waals surface area contributed by atoms with Gasteiger partial charge in [-0.05, 0) is 24.5 Å². The van der Waals surface area contributed by atoms with Gasteiger partial charge in [0.05, 0.1) is 11.1 Å². The summed E-state index contributed by atoms with van der Waals surface area (Å²) >= 11 is 0. The van der Waals surface area contributed by atoms with Crippen LogP contribution in [0.2, 0.25) is 0 Å². The molecular weight excluding hydrogens is 374 g/mol. The van der Waals surface area contributed by atoms with Crippen LogP contribution in [0.1, 0.15) is 47.4 Å². The molecule has 2 aliphatic rings. The molecule has 0 aromatic heterocycles. The molecule has 0 aliphatic carbocycles. The smallest absolute Gasteiger partial charge is 0.326 e. The summed E-state index contributed by atoms with van der Waals surface area (Å²) in [5, 5.41) is 9.61. The first kappa shape index (κ1) is 21.0. The highest BCUT2D eigenvalue weighted by molar-refractivity contribution is 6.22. The number of carbonyl (C=O) groups excluding carboxylic acids is 3. The van der Waals surface area contributed by atoms with Gasteiger partial charge in [-0.25, -0.2) is 4.79 Å². The maximum atomic E-state index is 12.6. The second-order valence-electron chi connectivity index (χ2n) is 7.99. The summed E-state index contributed by atoms with van der Waals surface area (Å²) in [6.07, 6.45) is -0.111. The highest BCUT2D eigenvalue weighted by Gasteiger charge is 2.42. The lowest BCUT2D eigenvalue weighted by Gasteiger charge is -2.35. The van der Waals surface area contributed by atoms with Gasteiger partial charge in [-0.1, -0.05) is 26.0 Å². The van der Waals surface area contributed by atoms with E-state index >= 15 is 0 Å². The SMILES string of the molecule is CC(C)CN1CCN(C(=O)CC[C@@H](C(=O)O)N2C(=O)c3ccccc3C2=O)CC1. The van der Waals surface area contributed by atoms with Crippen molar-refractivity contribution in [3.8, 4) is 0 Å². The molecule has 0 bridgehead atoms. The van der Waals surface area contributed by atoms with Crippen molar-refractivity contribution >= 4 is 23.7 Å². The normalized spacial score (nSPS) is 18.3. The van der Waals surface area contributed by atoms with E-state index < -0.39 is 23.8 Å². The number of hydrogen-bond acceptors (Lipinski definition) is 5. The summed E-state index contributed by atoms with van der Waals surface area (Å²) in [7, 11) is 0. The zero-order valence-electron chi connectivity index (χ0n) is 16.8. The molecule has 3 rings (SSSR count). The summed E-state index contributed by atoms with van der Waals surface area (Å²) < 4.78 is 0. The largest absolute Gasteiger partial charge is 0.480 e. The maximum Gasteiger partial charge on any atom is 0.326 e. The van der Waals surface area contributed by atoms with Crippen molar-refractivity contribution in [1.82, 2.24) is 14.7 Å². The average molecular weight is 401 g/mol. The van der Waals surface area contributed by atoms with E-state index in [0.717, 1.165) is 24.5 Å². The number of rotatable bonds is 7. The van der Waals surface area contributed by atoms with Crippen LogP contribution in [0.15, 0.2) is 24.3 Å². The Labute approximate surface area is 170 Å². The molecule has 0 unspecified atom stereocenters. The van der Waals surface area contributed by atoms with Crippen molar-refractivity contribution in [1.29, 1.82) is 0 Å². The molecule has 1 saturated heterocycles. The van der Waals surface area contributed by atoms with Crippen LogP contribution in [0.5, 0.6) is 0 Å². The number of carboxylic acids is 1. The average Bonchev–Trinajstić information content (AvgIpc) is 2.93. The maximum absolute atomic E-state index is 12.6. The number of piperazine rings is 1. The second-order valence-corrected chi connectivity index (χ2v) is 7.99. The van der Waals surface area contributed by atoms with Crippen molar-refractivity contribution in [2.45, 2.75) is 32.7 Å². The fraction of sp³-hybridized carbons (Fsp3) is 0.524. The van der Waals surface area contributed by atoms with E-state index in [9.17, 15) is 24.3 Å². The van der Waals surface area contributed by atoms with Crippen molar-refractivity contribution in [2.24, 2.45) is 5.92 Å². The van der Waals surface area contributed by atoms with Crippen LogP contribution in [-0.4, -0.2) is 82.3 Å². The zero-order chi connectivity index (χ0) is 21.1. The fourth-order valence-corrected chi connectivity index (χ4v) is 3.97. The first-order chi connectivity index (χ1) is 13.8. The van der Waals surface area contributed by atoms with E-state index in [4.69, 9.17) is 0 Å². The topological polar surface area (TPSA) is 98.2 Å². The van der Waals surface area contributed by atoms with Crippen LogP contribution in [0, 0.1) is 5.92 Å². The van der Waals surface area contributed by atoms with Gasteiger partial charge >= 0.3 is 5.97 Å². The predicted octanol–water partition coefficient (Wildman–Crippen LogP) is 1.32. The van der Waals surface area contributed by atoms with E-state index in [1.807, 2.05) is 0 Å². The van der Waals surface area contributed by atoms with Crippen molar-refractivity contribution in [3.63, 3.8) is 0 Å². The van der Waals surface area contributed by atoms with Crippen molar-refractivity contribution in [3.05, 3.63) is 35.4 Å². The number of hydrogen-bond donors (Lipinski definition) is 1. The Morgan fingerprint density at radius 2 is 1.55 bits per heavy atom. The van der Waals surface area contributed by atoms with E-state index in [0.29, 0.717) is 19.0 Å². The van der Waals surface area contributed by atoms with Crippen LogP contribution in [-0.2, 0) is 9.59 Å². The number of aliphatic carboxylic acids is 1. The molecular formula is C21H27N3O5. The van der Waals surface area contributed by atoms with Gasteiger partial charge < -0.3 is 10.0 Å². The summed E-state index contributed by atoms with van der Waals surface area (Å²) in [4.78, 5) is 54.3. The van der Waals surface area contributed by atoms with E-state index in [-0.39, 0.29) is 29.9 Å². The molecule has 29 heavy (non-hydrogen) atoms. The molecule has 2 aliphatic heterocycles. The quantitative estimate of drug-likeness (QED) is 0.692. The molecule has 2 heterocycles. The van der Waals surface area contributed by atoms with E-state index in [2.05, 4.69) is 18.7 Å². The van der Waals surface area contributed by atoms with Crippen LogP contribution in [0.25, 0.3) is 0 Å². The highest BCUT2D eigenvalue weighted by atomic mass is 16.4. The molecule has 8 heteroatoms. The van der Waals surface area contributed by atoms with Crippen molar-refractivity contribution < 1.29 is 24.3 Å². The van der Waals surface area contributed by atoms with E-state index in [1.54, 1.807) is 17.0 Å². The number of carboxylic acid groups (broad SMARTS) is 1. The molecule has 1 aromatic carbocycles. The minimum atomic E-state index is -1.35. The molecule has 0 saturated carbocycles. The summed E-state index contributed by atoms with van der Waals surface area (Å²) in [6, 6.07) is 4.93. The second kappa shape index (κ2) is 8.73. The zero-order valence-corrected chi connectivity index (χ0v) is 16.8. The number of benzene rings is 1. The van der Waals surface area contributed by atoms with Gasteiger partial charge in [-0.3, -0.25) is 24.2 Å². The fourth-order valence-electron chi connectivity index (χ4n) is 3.97. The van der Waals surface area contributed by atoms with Gasteiger partial charge in [0.2, 0.25) is 5.91 Å². The van der Waals surface area contributed by atoms with Crippen LogP contribution < -0.4 is 0 Å².